The highest BCUT2D eigenvalue weighted by atomic mass is 79.9. The number of aromatic nitrogens is 2. The normalized spacial score (nSPS) is 10.7. The number of thiophene rings is 1. The molecule has 1 aromatic carbocycles. The Morgan fingerprint density at radius 3 is 3.00 bits per heavy atom. The number of halogens is 2. The molecule has 2 heterocycles. The van der Waals surface area contributed by atoms with Crippen LogP contribution >= 0.6 is 27.3 Å². The van der Waals surface area contributed by atoms with Gasteiger partial charge in [-0.25, -0.2) is 4.39 Å². The van der Waals surface area contributed by atoms with Crippen molar-refractivity contribution in [3.63, 3.8) is 0 Å². The molecule has 0 bridgehead atoms. The minimum Gasteiger partial charge on any atom is -0.339 e. The van der Waals surface area contributed by atoms with Crippen molar-refractivity contribution in [2.75, 3.05) is 5.32 Å². The fraction of sp³-hybridized carbons (Fsp3) is 0.133. The first-order valence-corrected chi connectivity index (χ1v) is 8.40. The van der Waals surface area contributed by atoms with Crippen molar-refractivity contribution >= 4 is 38.9 Å². The van der Waals surface area contributed by atoms with E-state index in [-0.39, 0.29) is 18.0 Å². The molecular formula is C15H11BrFN3O2S. The van der Waals surface area contributed by atoms with Crippen molar-refractivity contribution in [1.29, 1.82) is 0 Å². The summed E-state index contributed by atoms with van der Waals surface area (Å²) in [4.78, 5) is 17.0. The number of rotatable bonds is 5. The predicted molar refractivity (Wildman–Crippen MR) is 88.7 cm³/mol. The highest BCUT2D eigenvalue weighted by Crippen LogP contribution is 2.22. The summed E-state index contributed by atoms with van der Waals surface area (Å²) < 4.78 is 19.4. The third-order valence-corrected chi connectivity index (χ3v) is 4.34. The van der Waals surface area contributed by atoms with E-state index in [0.717, 1.165) is 4.88 Å². The number of benzene rings is 1. The van der Waals surface area contributed by atoms with Gasteiger partial charge in [0.15, 0.2) is 0 Å². The Hall–Kier alpha value is -2.06. The second kappa shape index (κ2) is 7.01. The lowest BCUT2D eigenvalue weighted by Crippen LogP contribution is -2.13. The van der Waals surface area contributed by atoms with Crippen LogP contribution in [0.5, 0.6) is 0 Å². The Morgan fingerprint density at radius 2 is 2.26 bits per heavy atom. The van der Waals surface area contributed by atoms with Gasteiger partial charge in [0.1, 0.15) is 5.82 Å². The highest BCUT2D eigenvalue weighted by molar-refractivity contribution is 9.10. The summed E-state index contributed by atoms with van der Waals surface area (Å²) in [5.41, 5.74) is 0.142. The average molecular weight is 396 g/mol. The average Bonchev–Trinajstić information content (AvgIpc) is 3.18. The summed E-state index contributed by atoms with van der Waals surface area (Å²) in [6, 6.07) is 8.24. The summed E-state index contributed by atoms with van der Waals surface area (Å²) in [6.07, 6.45) is 0.421. The van der Waals surface area contributed by atoms with Gasteiger partial charge in [0, 0.05) is 17.3 Å². The molecule has 0 spiro atoms. The van der Waals surface area contributed by atoms with E-state index < -0.39 is 5.82 Å². The number of carbonyl (C=O) groups excluding carboxylic acids is 1. The Balaban J connectivity index is 1.57. The minimum absolute atomic E-state index is 0.127. The van der Waals surface area contributed by atoms with Crippen LogP contribution in [0.3, 0.4) is 0 Å². The first-order valence-electron chi connectivity index (χ1n) is 6.73. The van der Waals surface area contributed by atoms with Crippen LogP contribution in [-0.4, -0.2) is 16.0 Å². The third-order valence-electron chi connectivity index (χ3n) is 2.98. The maximum atomic E-state index is 13.7. The SMILES string of the molecule is O=C(CCc1nc(-c2cccs2)no1)Nc1ccc(Br)cc1F. The van der Waals surface area contributed by atoms with Gasteiger partial charge >= 0.3 is 0 Å². The van der Waals surface area contributed by atoms with Gasteiger partial charge in [0.05, 0.1) is 10.6 Å². The Morgan fingerprint density at radius 1 is 1.39 bits per heavy atom. The Bertz CT molecular complexity index is 820. The molecule has 118 valence electrons. The van der Waals surface area contributed by atoms with Crippen molar-refractivity contribution in [3.05, 3.63) is 51.9 Å². The Labute approximate surface area is 143 Å². The number of carbonyl (C=O) groups is 1. The lowest BCUT2D eigenvalue weighted by atomic mass is 10.2. The molecule has 5 nitrogen and oxygen atoms in total. The molecule has 0 unspecified atom stereocenters. The fourth-order valence-electron chi connectivity index (χ4n) is 1.89. The van der Waals surface area contributed by atoms with Crippen LogP contribution in [0.25, 0.3) is 10.7 Å². The van der Waals surface area contributed by atoms with Gasteiger partial charge in [-0.1, -0.05) is 27.2 Å². The first kappa shape index (κ1) is 15.8. The van der Waals surface area contributed by atoms with E-state index in [2.05, 4.69) is 31.4 Å². The third kappa shape index (κ3) is 4.02. The van der Waals surface area contributed by atoms with Crippen molar-refractivity contribution in [2.45, 2.75) is 12.8 Å². The summed E-state index contributed by atoms with van der Waals surface area (Å²) in [5, 5.41) is 8.31. The topological polar surface area (TPSA) is 68.0 Å². The fourth-order valence-corrected chi connectivity index (χ4v) is 2.87. The van der Waals surface area contributed by atoms with Gasteiger partial charge in [-0.3, -0.25) is 4.79 Å². The van der Waals surface area contributed by atoms with Gasteiger partial charge in [-0.05, 0) is 29.6 Å². The number of aryl methyl sites for hydroxylation is 1. The summed E-state index contributed by atoms with van der Waals surface area (Å²) in [5.74, 6) is 0.0711. The number of amides is 1. The zero-order chi connectivity index (χ0) is 16.2. The van der Waals surface area contributed by atoms with Crippen molar-refractivity contribution in [3.8, 4) is 10.7 Å². The number of hydrogen-bond acceptors (Lipinski definition) is 5. The molecular weight excluding hydrogens is 385 g/mol. The molecule has 0 atom stereocenters. The Kier molecular flexibility index (Phi) is 4.82. The lowest BCUT2D eigenvalue weighted by Gasteiger charge is -2.05. The first-order chi connectivity index (χ1) is 11.1. The maximum Gasteiger partial charge on any atom is 0.227 e. The molecule has 0 aliphatic carbocycles. The van der Waals surface area contributed by atoms with Crippen LogP contribution in [0.4, 0.5) is 10.1 Å². The van der Waals surface area contributed by atoms with Gasteiger partial charge in [-0.15, -0.1) is 11.3 Å². The molecule has 0 saturated heterocycles. The number of anilines is 1. The zero-order valence-corrected chi connectivity index (χ0v) is 14.2. The molecule has 3 aromatic rings. The molecule has 0 fully saturated rings. The van der Waals surface area contributed by atoms with E-state index in [1.165, 1.54) is 23.5 Å². The van der Waals surface area contributed by atoms with Crippen molar-refractivity contribution in [2.24, 2.45) is 0 Å². The van der Waals surface area contributed by atoms with E-state index in [4.69, 9.17) is 4.52 Å². The van der Waals surface area contributed by atoms with E-state index in [1.54, 1.807) is 6.07 Å². The van der Waals surface area contributed by atoms with E-state index >= 15 is 0 Å². The maximum absolute atomic E-state index is 13.7. The van der Waals surface area contributed by atoms with Crippen LogP contribution < -0.4 is 5.32 Å². The number of hydrogen-bond donors (Lipinski definition) is 1. The summed E-state index contributed by atoms with van der Waals surface area (Å²) >= 11 is 4.67. The lowest BCUT2D eigenvalue weighted by molar-refractivity contribution is -0.116. The quantitative estimate of drug-likeness (QED) is 0.700. The van der Waals surface area contributed by atoms with E-state index in [1.807, 2.05) is 17.5 Å². The van der Waals surface area contributed by atoms with Crippen LogP contribution in [0.1, 0.15) is 12.3 Å². The van der Waals surface area contributed by atoms with Gasteiger partial charge in [-0.2, -0.15) is 4.98 Å². The molecule has 0 aliphatic heterocycles. The zero-order valence-electron chi connectivity index (χ0n) is 11.8. The van der Waals surface area contributed by atoms with Crippen LogP contribution in [0.2, 0.25) is 0 Å². The molecule has 2 aromatic heterocycles. The van der Waals surface area contributed by atoms with Crippen LogP contribution in [0.15, 0.2) is 44.7 Å². The van der Waals surface area contributed by atoms with Gasteiger partial charge in [0.2, 0.25) is 17.6 Å². The van der Waals surface area contributed by atoms with E-state index in [0.29, 0.717) is 22.6 Å². The van der Waals surface area contributed by atoms with Gasteiger partial charge in [0.25, 0.3) is 0 Å². The predicted octanol–water partition coefficient (Wildman–Crippen LogP) is 4.27. The number of nitrogens with one attached hydrogen (secondary N) is 1. The number of nitrogens with zero attached hydrogens (tertiary/aromatic N) is 2. The molecule has 8 heteroatoms. The molecule has 1 N–H and O–H groups in total. The summed E-state index contributed by atoms with van der Waals surface area (Å²) in [7, 11) is 0. The van der Waals surface area contributed by atoms with Gasteiger partial charge < -0.3 is 9.84 Å². The monoisotopic (exact) mass is 395 g/mol. The minimum atomic E-state index is -0.495. The highest BCUT2D eigenvalue weighted by Gasteiger charge is 2.12. The smallest absolute Gasteiger partial charge is 0.227 e. The molecule has 1 amide bonds. The molecule has 0 saturated carbocycles. The molecule has 3 rings (SSSR count). The molecule has 0 aliphatic rings. The van der Waals surface area contributed by atoms with Crippen molar-refractivity contribution < 1.29 is 13.7 Å². The standard InChI is InChI=1S/C15H11BrFN3O2S/c16-9-3-4-11(10(17)8-9)18-13(21)5-6-14-19-15(20-22-14)12-2-1-7-23-12/h1-4,7-8H,5-6H2,(H,18,21). The van der Waals surface area contributed by atoms with Crippen LogP contribution in [-0.2, 0) is 11.2 Å². The van der Waals surface area contributed by atoms with Crippen LogP contribution in [0, 0.1) is 5.82 Å². The summed E-state index contributed by atoms with van der Waals surface area (Å²) in [6.45, 7) is 0. The molecule has 23 heavy (non-hydrogen) atoms. The van der Waals surface area contributed by atoms with E-state index in [9.17, 15) is 9.18 Å². The molecule has 0 radical (unpaired) electrons. The second-order valence-electron chi connectivity index (χ2n) is 4.66. The largest absolute Gasteiger partial charge is 0.339 e. The second-order valence-corrected chi connectivity index (χ2v) is 6.52. The van der Waals surface area contributed by atoms with Crippen molar-refractivity contribution in [1.82, 2.24) is 10.1 Å².